The lowest BCUT2D eigenvalue weighted by molar-refractivity contribution is 0.550. The van der Waals surface area contributed by atoms with E-state index in [1.165, 1.54) is 16.8 Å². The number of allylic oxidation sites excluding steroid dienone is 2. The maximum atomic E-state index is 9.62. The second-order valence-corrected chi connectivity index (χ2v) is 7.97. The zero-order valence-electron chi connectivity index (χ0n) is 16.4. The smallest absolute Gasteiger partial charge is 0.0998 e. The lowest BCUT2D eigenvalue weighted by atomic mass is 9.87. The van der Waals surface area contributed by atoms with Crippen molar-refractivity contribution in [2.45, 2.75) is 39.7 Å². The van der Waals surface area contributed by atoms with Crippen molar-refractivity contribution in [2.75, 3.05) is 11.4 Å². The van der Waals surface area contributed by atoms with Crippen LogP contribution in [-0.4, -0.2) is 12.1 Å². The van der Waals surface area contributed by atoms with E-state index < -0.39 is 0 Å². The van der Waals surface area contributed by atoms with Gasteiger partial charge in [0.1, 0.15) is 0 Å². The number of fused-ring (bicyclic) bond motifs is 1. The maximum absolute atomic E-state index is 9.62. The van der Waals surface area contributed by atoms with Crippen LogP contribution in [0.2, 0.25) is 5.02 Å². The fraction of sp³-hybridized carbons (Fsp3) is 0.292. The van der Waals surface area contributed by atoms with Crippen LogP contribution in [0.15, 0.2) is 48.5 Å². The molecule has 0 saturated carbocycles. The first-order valence-corrected chi connectivity index (χ1v) is 9.73. The Morgan fingerprint density at radius 1 is 1.22 bits per heavy atom. The van der Waals surface area contributed by atoms with Gasteiger partial charge in [-0.05, 0) is 62.1 Å². The molecular formula is C24H25ClN2. The molecule has 1 aliphatic rings. The van der Waals surface area contributed by atoms with Gasteiger partial charge in [-0.3, -0.25) is 0 Å². The highest BCUT2D eigenvalue weighted by molar-refractivity contribution is 6.32. The van der Waals surface area contributed by atoms with Gasteiger partial charge in [0.15, 0.2) is 0 Å². The second kappa shape index (κ2) is 7.62. The van der Waals surface area contributed by atoms with Crippen LogP contribution in [0.5, 0.6) is 0 Å². The molecule has 1 heterocycles. The predicted molar refractivity (Wildman–Crippen MR) is 117 cm³/mol. The third kappa shape index (κ3) is 3.80. The first kappa shape index (κ1) is 19.3. The molecule has 0 fully saturated rings. The highest BCUT2D eigenvalue weighted by atomic mass is 35.5. The van der Waals surface area contributed by atoms with Gasteiger partial charge in [-0.25, -0.2) is 0 Å². The number of nitrogens with zero attached hydrogens (tertiary/aromatic N) is 2. The third-order valence-corrected chi connectivity index (χ3v) is 5.38. The summed E-state index contributed by atoms with van der Waals surface area (Å²) in [5, 5.41) is 10.3. The van der Waals surface area contributed by atoms with E-state index in [-0.39, 0.29) is 5.54 Å². The van der Waals surface area contributed by atoms with Crippen molar-refractivity contribution < 1.29 is 0 Å². The summed E-state index contributed by atoms with van der Waals surface area (Å²) in [6.07, 6.45) is 5.27. The molecule has 138 valence electrons. The fourth-order valence-electron chi connectivity index (χ4n) is 3.81. The summed E-state index contributed by atoms with van der Waals surface area (Å²) in [5.41, 5.74) is 5.93. The minimum atomic E-state index is -0.0460. The van der Waals surface area contributed by atoms with Crippen molar-refractivity contribution in [3.8, 4) is 6.07 Å². The van der Waals surface area contributed by atoms with Gasteiger partial charge in [0, 0.05) is 22.8 Å². The van der Waals surface area contributed by atoms with Crippen LogP contribution < -0.4 is 4.90 Å². The van der Waals surface area contributed by atoms with E-state index >= 15 is 0 Å². The van der Waals surface area contributed by atoms with E-state index in [4.69, 9.17) is 11.6 Å². The lowest BCUT2D eigenvalue weighted by Crippen LogP contribution is -2.45. The molecule has 27 heavy (non-hydrogen) atoms. The molecule has 2 aromatic rings. The van der Waals surface area contributed by atoms with Crippen LogP contribution >= 0.6 is 11.6 Å². The monoisotopic (exact) mass is 376 g/mol. The van der Waals surface area contributed by atoms with E-state index in [1.54, 1.807) is 0 Å². The molecule has 1 aliphatic heterocycles. The van der Waals surface area contributed by atoms with Crippen molar-refractivity contribution in [3.05, 3.63) is 70.3 Å². The number of halogens is 1. The van der Waals surface area contributed by atoms with E-state index in [0.29, 0.717) is 10.6 Å². The fourth-order valence-corrected chi connectivity index (χ4v) is 4.02. The minimum absolute atomic E-state index is 0.0460. The molecule has 2 nitrogen and oxygen atoms in total. The molecule has 0 spiro atoms. The average Bonchev–Trinajstić information content (AvgIpc) is 2.64. The third-order valence-electron chi connectivity index (χ3n) is 5.05. The van der Waals surface area contributed by atoms with E-state index in [9.17, 15) is 5.26 Å². The Morgan fingerprint density at radius 3 is 2.56 bits per heavy atom. The predicted octanol–water partition coefficient (Wildman–Crippen LogP) is 6.82. The van der Waals surface area contributed by atoms with Crippen molar-refractivity contribution >= 4 is 34.5 Å². The summed E-state index contributed by atoms with van der Waals surface area (Å²) in [7, 11) is 0. The zero-order chi connectivity index (χ0) is 19.6. The molecule has 2 aromatic carbocycles. The summed E-state index contributed by atoms with van der Waals surface area (Å²) in [5.74, 6) is 0. The van der Waals surface area contributed by atoms with Crippen LogP contribution in [0.25, 0.3) is 17.2 Å². The van der Waals surface area contributed by atoms with Crippen LogP contribution in [0, 0.1) is 11.3 Å². The first-order chi connectivity index (χ1) is 12.9. The second-order valence-electron chi connectivity index (χ2n) is 7.56. The Morgan fingerprint density at radius 2 is 1.93 bits per heavy atom. The lowest BCUT2D eigenvalue weighted by Gasteiger charge is -2.43. The topological polar surface area (TPSA) is 27.0 Å². The van der Waals surface area contributed by atoms with Gasteiger partial charge >= 0.3 is 0 Å². The molecule has 3 rings (SSSR count). The SMILES string of the molecule is CCCN1c2cc(Cl)c(/C=C(/C#N)c3ccccc3)cc2C(C)=CC1(C)C. The largest absolute Gasteiger partial charge is 0.362 e. The number of rotatable bonds is 4. The molecule has 0 bridgehead atoms. The summed E-state index contributed by atoms with van der Waals surface area (Å²) < 4.78 is 0. The van der Waals surface area contributed by atoms with E-state index in [2.05, 4.69) is 56.9 Å². The van der Waals surface area contributed by atoms with Crippen molar-refractivity contribution in [2.24, 2.45) is 0 Å². The number of hydrogen-bond donors (Lipinski definition) is 0. The quantitative estimate of drug-likeness (QED) is 0.432. The van der Waals surface area contributed by atoms with Gasteiger partial charge in [0.05, 0.1) is 17.2 Å². The van der Waals surface area contributed by atoms with E-state index in [1.807, 2.05) is 36.4 Å². The number of nitriles is 1. The maximum Gasteiger partial charge on any atom is 0.0998 e. The molecule has 0 N–H and O–H groups in total. The molecule has 0 aliphatic carbocycles. The Balaban J connectivity index is 2.13. The standard InChI is InChI=1S/C24H25ClN2/c1-5-11-27-23-14-22(25)19(13-21(23)17(2)15-24(27,3)4)12-20(16-26)18-9-7-6-8-10-18/h6-10,12-15H,5,11H2,1-4H3/b20-12-. The molecule has 0 unspecified atom stereocenters. The van der Waals surface area contributed by atoms with Crippen LogP contribution in [0.4, 0.5) is 5.69 Å². The average molecular weight is 377 g/mol. The van der Waals surface area contributed by atoms with Crippen molar-refractivity contribution in [1.82, 2.24) is 0 Å². The summed E-state index contributed by atoms with van der Waals surface area (Å²) >= 11 is 6.66. The molecule has 0 amide bonds. The zero-order valence-corrected chi connectivity index (χ0v) is 17.1. The molecule has 0 atom stereocenters. The highest BCUT2D eigenvalue weighted by Crippen LogP contribution is 2.42. The number of hydrogen-bond acceptors (Lipinski definition) is 2. The van der Waals surface area contributed by atoms with Crippen molar-refractivity contribution in [1.29, 1.82) is 5.26 Å². The Hall–Kier alpha value is -2.50. The molecular weight excluding hydrogens is 352 g/mol. The molecule has 0 radical (unpaired) electrons. The highest BCUT2D eigenvalue weighted by Gasteiger charge is 2.31. The van der Waals surface area contributed by atoms with Gasteiger partial charge in [-0.15, -0.1) is 0 Å². The summed E-state index contributed by atoms with van der Waals surface area (Å²) in [4.78, 5) is 2.41. The normalized spacial score (nSPS) is 15.8. The molecule has 3 heteroatoms. The summed E-state index contributed by atoms with van der Waals surface area (Å²) in [6.45, 7) is 9.79. The molecule has 0 aromatic heterocycles. The van der Waals surface area contributed by atoms with Gasteiger partial charge in [-0.2, -0.15) is 5.26 Å². The van der Waals surface area contributed by atoms with Crippen molar-refractivity contribution in [3.63, 3.8) is 0 Å². The Bertz CT molecular complexity index is 946. The Kier molecular flexibility index (Phi) is 5.44. The molecule has 0 saturated heterocycles. The van der Waals surface area contributed by atoms with Gasteiger partial charge in [-0.1, -0.05) is 54.9 Å². The van der Waals surface area contributed by atoms with Crippen LogP contribution in [0.3, 0.4) is 0 Å². The van der Waals surface area contributed by atoms with Gasteiger partial charge < -0.3 is 4.90 Å². The van der Waals surface area contributed by atoms with Gasteiger partial charge in [0.2, 0.25) is 0 Å². The Labute approximate surface area is 167 Å². The van der Waals surface area contributed by atoms with Crippen LogP contribution in [0.1, 0.15) is 50.8 Å². The number of anilines is 1. The van der Waals surface area contributed by atoms with Crippen LogP contribution in [-0.2, 0) is 0 Å². The minimum Gasteiger partial charge on any atom is -0.362 e. The first-order valence-electron chi connectivity index (χ1n) is 9.35. The summed E-state index contributed by atoms with van der Waals surface area (Å²) in [6, 6.07) is 16.2. The number of benzene rings is 2. The van der Waals surface area contributed by atoms with Gasteiger partial charge in [0.25, 0.3) is 0 Å². The van der Waals surface area contributed by atoms with E-state index in [0.717, 1.165) is 24.1 Å².